The van der Waals surface area contributed by atoms with Gasteiger partial charge >= 0.3 is 0 Å². The van der Waals surface area contributed by atoms with E-state index >= 15 is 0 Å². The Kier molecular flexibility index (Phi) is 2.40. The van der Waals surface area contributed by atoms with Crippen molar-refractivity contribution in [3.8, 4) is 0 Å². The van der Waals surface area contributed by atoms with Gasteiger partial charge in [0.25, 0.3) is 0 Å². The lowest BCUT2D eigenvalue weighted by Crippen LogP contribution is -1.86. The van der Waals surface area contributed by atoms with Crippen molar-refractivity contribution in [3.63, 3.8) is 0 Å². The van der Waals surface area contributed by atoms with Crippen LogP contribution < -0.4 is 0 Å². The first-order valence-electron chi connectivity index (χ1n) is 3.13. The van der Waals surface area contributed by atoms with Gasteiger partial charge in [-0.2, -0.15) is 7.05 Å². The molecule has 0 spiro atoms. The number of nitrogens with zero attached hydrogens (tertiary/aromatic N) is 1. The molecule has 0 amide bonds. The van der Waals surface area contributed by atoms with Crippen LogP contribution in [0, 0.1) is 5.82 Å². The summed E-state index contributed by atoms with van der Waals surface area (Å²) in [6.45, 7) is 0.465. The van der Waals surface area contributed by atoms with Gasteiger partial charge in [0.05, 0.1) is 0 Å². The number of benzene rings is 1. The smallest absolute Gasteiger partial charge is 0.124 e. The molecule has 0 bridgehead atoms. The van der Waals surface area contributed by atoms with Crippen LogP contribution in [0.3, 0.4) is 0 Å². The Labute approximate surface area is 59.9 Å². The van der Waals surface area contributed by atoms with E-state index in [-0.39, 0.29) is 5.82 Å². The van der Waals surface area contributed by atoms with Crippen molar-refractivity contribution in [2.45, 2.75) is 6.54 Å². The predicted molar refractivity (Wildman–Crippen MR) is 39.4 cm³/mol. The summed E-state index contributed by atoms with van der Waals surface area (Å²) >= 11 is 0. The highest BCUT2D eigenvalue weighted by molar-refractivity contribution is 5.18. The van der Waals surface area contributed by atoms with Crippen molar-refractivity contribution in [2.24, 2.45) is 0 Å². The van der Waals surface area contributed by atoms with Crippen LogP contribution in [0.1, 0.15) is 5.56 Å². The SMILES string of the molecule is C[N-]Cc1ccccc1F. The molecule has 0 unspecified atom stereocenters. The Morgan fingerprint density at radius 1 is 1.40 bits per heavy atom. The fourth-order valence-electron chi connectivity index (χ4n) is 0.797. The van der Waals surface area contributed by atoms with Crippen LogP contribution in [0.15, 0.2) is 24.3 Å². The summed E-state index contributed by atoms with van der Waals surface area (Å²) in [6, 6.07) is 6.67. The minimum atomic E-state index is -0.173. The van der Waals surface area contributed by atoms with E-state index < -0.39 is 0 Å². The van der Waals surface area contributed by atoms with E-state index in [1.807, 2.05) is 6.07 Å². The molecule has 0 aliphatic rings. The van der Waals surface area contributed by atoms with Gasteiger partial charge in [-0.1, -0.05) is 18.2 Å². The van der Waals surface area contributed by atoms with Gasteiger partial charge in [-0.15, -0.1) is 6.54 Å². The second-order valence-corrected chi connectivity index (χ2v) is 2.07. The third-order valence-electron chi connectivity index (χ3n) is 1.29. The van der Waals surface area contributed by atoms with Crippen molar-refractivity contribution in [1.82, 2.24) is 0 Å². The van der Waals surface area contributed by atoms with Gasteiger partial charge in [0, 0.05) is 0 Å². The van der Waals surface area contributed by atoms with Crippen LogP contribution in [0.2, 0.25) is 0 Å². The highest BCUT2D eigenvalue weighted by Crippen LogP contribution is 2.08. The molecule has 0 heterocycles. The zero-order valence-electron chi connectivity index (χ0n) is 5.84. The summed E-state index contributed by atoms with van der Waals surface area (Å²) in [5, 5.41) is 3.83. The number of hydrogen-bond acceptors (Lipinski definition) is 0. The van der Waals surface area contributed by atoms with Gasteiger partial charge < -0.3 is 5.32 Å². The summed E-state index contributed by atoms with van der Waals surface area (Å²) in [5.41, 5.74) is 0.657. The number of halogens is 1. The largest absolute Gasteiger partial charge is 0.661 e. The Balaban J connectivity index is 2.81. The maximum absolute atomic E-state index is 12.7. The maximum atomic E-state index is 12.7. The zero-order valence-corrected chi connectivity index (χ0v) is 5.84. The Morgan fingerprint density at radius 3 is 2.70 bits per heavy atom. The van der Waals surface area contributed by atoms with Gasteiger partial charge in [0.1, 0.15) is 5.82 Å². The standard InChI is InChI=1S/C8H9FN/c1-10-6-7-4-2-3-5-8(7)9/h2-5H,6H2,1H3/q-1. The average molecular weight is 138 g/mol. The topological polar surface area (TPSA) is 14.1 Å². The van der Waals surface area contributed by atoms with Crippen molar-refractivity contribution < 1.29 is 4.39 Å². The van der Waals surface area contributed by atoms with Crippen molar-refractivity contribution in [2.75, 3.05) is 7.05 Å². The summed E-state index contributed by atoms with van der Waals surface area (Å²) in [4.78, 5) is 0. The van der Waals surface area contributed by atoms with Crippen molar-refractivity contribution in [1.29, 1.82) is 0 Å². The lowest BCUT2D eigenvalue weighted by Gasteiger charge is -2.10. The Bertz CT molecular complexity index is 210. The zero-order chi connectivity index (χ0) is 7.40. The molecule has 0 atom stereocenters. The molecule has 54 valence electrons. The van der Waals surface area contributed by atoms with Crippen molar-refractivity contribution in [3.05, 3.63) is 41.0 Å². The fourth-order valence-corrected chi connectivity index (χ4v) is 0.797. The molecule has 10 heavy (non-hydrogen) atoms. The first-order chi connectivity index (χ1) is 4.84. The van der Waals surface area contributed by atoms with E-state index in [0.717, 1.165) is 0 Å². The first-order valence-corrected chi connectivity index (χ1v) is 3.13. The second kappa shape index (κ2) is 3.32. The second-order valence-electron chi connectivity index (χ2n) is 2.07. The minimum Gasteiger partial charge on any atom is -0.661 e. The molecule has 0 fully saturated rings. The lowest BCUT2D eigenvalue weighted by molar-refractivity contribution is 0.614. The lowest BCUT2D eigenvalue weighted by atomic mass is 10.2. The van der Waals surface area contributed by atoms with Crippen LogP contribution >= 0.6 is 0 Å². The molecule has 0 aliphatic carbocycles. The van der Waals surface area contributed by atoms with Crippen LogP contribution in [0.4, 0.5) is 4.39 Å². The molecule has 0 aliphatic heterocycles. The normalized spacial score (nSPS) is 9.80. The Morgan fingerprint density at radius 2 is 2.10 bits per heavy atom. The quantitative estimate of drug-likeness (QED) is 0.595. The molecule has 2 heteroatoms. The van der Waals surface area contributed by atoms with Gasteiger partial charge in [-0.25, -0.2) is 4.39 Å². The molecule has 0 saturated heterocycles. The number of rotatable bonds is 2. The number of hydrogen-bond donors (Lipinski definition) is 0. The third kappa shape index (κ3) is 1.54. The monoisotopic (exact) mass is 138 g/mol. The summed E-state index contributed by atoms with van der Waals surface area (Å²) in [5.74, 6) is -0.173. The molecular formula is C8H9FN-. The van der Waals surface area contributed by atoms with Crippen molar-refractivity contribution >= 4 is 0 Å². The summed E-state index contributed by atoms with van der Waals surface area (Å²) in [6.07, 6.45) is 0. The van der Waals surface area contributed by atoms with Crippen LogP contribution in [0.25, 0.3) is 5.32 Å². The molecule has 1 rings (SSSR count). The van der Waals surface area contributed by atoms with E-state index in [1.165, 1.54) is 6.07 Å². The van der Waals surface area contributed by atoms with E-state index in [4.69, 9.17) is 0 Å². The van der Waals surface area contributed by atoms with E-state index in [2.05, 4.69) is 5.32 Å². The van der Waals surface area contributed by atoms with Crippen LogP contribution in [0.5, 0.6) is 0 Å². The summed E-state index contributed by atoms with van der Waals surface area (Å²) < 4.78 is 12.7. The van der Waals surface area contributed by atoms with Gasteiger partial charge in [0.2, 0.25) is 0 Å². The molecular weight excluding hydrogens is 129 g/mol. The molecule has 0 radical (unpaired) electrons. The van der Waals surface area contributed by atoms with Crippen LogP contribution in [-0.4, -0.2) is 7.05 Å². The van der Waals surface area contributed by atoms with E-state index in [0.29, 0.717) is 12.1 Å². The molecule has 0 N–H and O–H groups in total. The minimum absolute atomic E-state index is 0.173. The maximum Gasteiger partial charge on any atom is 0.124 e. The van der Waals surface area contributed by atoms with Gasteiger partial charge in [-0.3, -0.25) is 0 Å². The first kappa shape index (κ1) is 7.22. The van der Waals surface area contributed by atoms with Gasteiger partial charge in [0.15, 0.2) is 0 Å². The summed E-state index contributed by atoms with van der Waals surface area (Å²) in [7, 11) is 1.67. The third-order valence-corrected chi connectivity index (χ3v) is 1.29. The van der Waals surface area contributed by atoms with E-state index in [9.17, 15) is 4.39 Å². The highest BCUT2D eigenvalue weighted by atomic mass is 19.1. The highest BCUT2D eigenvalue weighted by Gasteiger charge is 1.91. The van der Waals surface area contributed by atoms with Crippen LogP contribution in [-0.2, 0) is 6.54 Å². The molecule has 0 saturated carbocycles. The van der Waals surface area contributed by atoms with E-state index in [1.54, 1.807) is 19.2 Å². The molecule has 1 nitrogen and oxygen atoms in total. The Hall–Kier alpha value is -0.890. The molecule has 0 aromatic heterocycles. The predicted octanol–water partition coefficient (Wildman–Crippen LogP) is 2.33. The molecule has 1 aromatic carbocycles. The average Bonchev–Trinajstić information content (AvgIpc) is 1.94. The van der Waals surface area contributed by atoms with Gasteiger partial charge in [-0.05, 0) is 11.6 Å². The molecule has 1 aromatic rings. The fraction of sp³-hybridized carbons (Fsp3) is 0.250.